The third kappa shape index (κ3) is 4.57. The molecule has 0 bridgehead atoms. The van der Waals surface area contributed by atoms with Crippen molar-refractivity contribution in [3.63, 3.8) is 0 Å². The Morgan fingerprint density at radius 2 is 0.759 bits per heavy atom. The minimum atomic E-state index is 1.11. The number of hydrogen-bond donors (Lipinski definition) is 0. The van der Waals surface area contributed by atoms with Gasteiger partial charge >= 0.3 is 0 Å². The Balaban J connectivity index is 1.13. The van der Waals surface area contributed by atoms with Crippen molar-refractivity contribution in [3.8, 4) is 22.6 Å². The fraction of sp³-hybridized carbons (Fsp3) is 0. The van der Waals surface area contributed by atoms with E-state index in [1.807, 2.05) is 0 Å². The number of aromatic nitrogens is 2. The molecule has 0 radical (unpaired) electrons. The van der Waals surface area contributed by atoms with E-state index in [0.29, 0.717) is 0 Å². The summed E-state index contributed by atoms with van der Waals surface area (Å²) in [5.41, 5.74) is 15.0. The molecule has 1 aliphatic heterocycles. The molecule has 1 aliphatic rings. The van der Waals surface area contributed by atoms with Crippen LogP contribution in [0.5, 0.6) is 0 Å². The van der Waals surface area contributed by atoms with E-state index in [1.165, 1.54) is 44.0 Å². The van der Waals surface area contributed by atoms with Crippen LogP contribution in [0.3, 0.4) is 0 Å². The summed E-state index contributed by atoms with van der Waals surface area (Å²) in [7, 11) is 0. The zero-order chi connectivity index (χ0) is 35.6. The molecule has 0 saturated heterocycles. The van der Waals surface area contributed by atoms with E-state index < -0.39 is 0 Å². The predicted octanol–water partition coefficient (Wildman–Crippen LogP) is 13.6. The maximum absolute atomic E-state index is 2.46. The van der Waals surface area contributed by atoms with Crippen LogP contribution in [-0.4, -0.2) is 9.13 Å². The average Bonchev–Trinajstić information content (AvgIpc) is 3.80. The van der Waals surface area contributed by atoms with Crippen molar-refractivity contribution in [2.24, 2.45) is 0 Å². The maximum atomic E-state index is 2.46. The first kappa shape index (κ1) is 30.3. The van der Waals surface area contributed by atoms with Crippen LogP contribution in [0.15, 0.2) is 206 Å². The van der Waals surface area contributed by atoms with Gasteiger partial charge in [-0.05, 0) is 90.5 Å². The predicted molar refractivity (Wildman–Crippen MR) is 226 cm³/mol. The van der Waals surface area contributed by atoms with E-state index in [4.69, 9.17) is 0 Å². The van der Waals surface area contributed by atoms with Gasteiger partial charge in [0.15, 0.2) is 0 Å². The van der Waals surface area contributed by atoms with Gasteiger partial charge in [0, 0.05) is 38.9 Å². The second kappa shape index (κ2) is 12.1. The Morgan fingerprint density at radius 1 is 0.296 bits per heavy atom. The van der Waals surface area contributed by atoms with Crippen LogP contribution in [0.25, 0.3) is 55.3 Å². The van der Waals surface area contributed by atoms with Gasteiger partial charge in [-0.3, -0.25) is 0 Å². The van der Waals surface area contributed by atoms with Crippen molar-refractivity contribution in [3.05, 3.63) is 206 Å². The van der Waals surface area contributed by atoms with Gasteiger partial charge in [-0.15, -0.1) is 0 Å². The van der Waals surface area contributed by atoms with Gasteiger partial charge in [-0.25, -0.2) is 0 Å². The smallest absolute Gasteiger partial charge is 0.0788 e. The lowest BCUT2D eigenvalue weighted by Gasteiger charge is -2.40. The third-order valence-electron chi connectivity index (χ3n) is 10.8. The second-order valence-electron chi connectivity index (χ2n) is 13.8. The Labute approximate surface area is 313 Å². The van der Waals surface area contributed by atoms with Crippen molar-refractivity contribution >= 4 is 66.8 Å². The van der Waals surface area contributed by atoms with Crippen LogP contribution in [-0.2, 0) is 0 Å². The van der Waals surface area contributed by atoms with Gasteiger partial charge in [0.2, 0.25) is 0 Å². The summed E-state index contributed by atoms with van der Waals surface area (Å²) >= 11 is 0. The first-order chi connectivity index (χ1) is 26.8. The number of rotatable bonds is 5. The van der Waals surface area contributed by atoms with E-state index in [1.54, 1.807) is 0 Å². The van der Waals surface area contributed by atoms with E-state index in [2.05, 4.69) is 225 Å². The molecule has 54 heavy (non-hydrogen) atoms. The van der Waals surface area contributed by atoms with Crippen molar-refractivity contribution in [1.82, 2.24) is 9.13 Å². The molecule has 0 fully saturated rings. The molecule has 11 rings (SSSR count). The topological polar surface area (TPSA) is 16.3 Å². The summed E-state index contributed by atoms with van der Waals surface area (Å²) in [5.74, 6) is 0. The third-order valence-corrected chi connectivity index (χ3v) is 10.8. The molecule has 0 aliphatic carbocycles. The van der Waals surface area contributed by atoms with Crippen LogP contribution < -0.4 is 9.80 Å². The number of nitrogens with zero attached hydrogens (tertiary/aromatic N) is 4. The molecule has 3 heterocycles. The number of benzene rings is 8. The van der Waals surface area contributed by atoms with Gasteiger partial charge in [0.25, 0.3) is 0 Å². The largest absolute Gasteiger partial charge is 0.307 e. The normalized spacial score (nSPS) is 12.4. The Kier molecular flexibility index (Phi) is 6.82. The summed E-state index contributed by atoms with van der Waals surface area (Å²) in [6.07, 6.45) is 0. The fourth-order valence-corrected chi connectivity index (χ4v) is 8.50. The van der Waals surface area contributed by atoms with Crippen LogP contribution in [0.4, 0.5) is 34.1 Å². The lowest BCUT2D eigenvalue weighted by atomic mass is 10.0. The highest BCUT2D eigenvalue weighted by atomic mass is 15.3. The molecule has 0 spiro atoms. The molecule has 0 N–H and O–H groups in total. The molecule has 8 aromatic carbocycles. The van der Waals surface area contributed by atoms with Crippen LogP contribution >= 0.6 is 0 Å². The first-order valence-corrected chi connectivity index (χ1v) is 18.5. The second-order valence-corrected chi connectivity index (χ2v) is 13.8. The van der Waals surface area contributed by atoms with Crippen LogP contribution in [0, 0.1) is 0 Å². The highest BCUT2D eigenvalue weighted by molar-refractivity contribution is 6.19. The molecule has 0 saturated carbocycles. The van der Waals surface area contributed by atoms with Crippen molar-refractivity contribution in [2.45, 2.75) is 0 Å². The Bertz CT molecular complexity index is 2930. The lowest BCUT2D eigenvalue weighted by molar-refractivity contribution is 1.12. The highest BCUT2D eigenvalue weighted by Gasteiger charge is 2.30. The molecule has 0 atom stereocenters. The van der Waals surface area contributed by atoms with Gasteiger partial charge in [-0.1, -0.05) is 121 Å². The Hall–Kier alpha value is -7.30. The number of anilines is 6. The van der Waals surface area contributed by atoms with Crippen molar-refractivity contribution in [2.75, 3.05) is 9.80 Å². The van der Waals surface area contributed by atoms with Crippen LogP contribution in [0.1, 0.15) is 0 Å². The van der Waals surface area contributed by atoms with Gasteiger partial charge in [-0.2, -0.15) is 0 Å². The molecule has 10 aromatic rings. The summed E-state index contributed by atoms with van der Waals surface area (Å²) in [5, 5.41) is 3.67. The molecule has 4 heteroatoms. The van der Waals surface area contributed by atoms with Gasteiger partial charge < -0.3 is 18.9 Å². The maximum Gasteiger partial charge on any atom is 0.0788 e. The molecule has 2 aromatic heterocycles. The number of hydrogen-bond acceptors (Lipinski definition) is 2. The molecule has 254 valence electrons. The quantitative estimate of drug-likeness (QED) is 0.179. The highest BCUT2D eigenvalue weighted by Crippen LogP contribution is 2.54. The summed E-state index contributed by atoms with van der Waals surface area (Å²) in [4.78, 5) is 4.76. The van der Waals surface area contributed by atoms with E-state index in [9.17, 15) is 0 Å². The fourth-order valence-electron chi connectivity index (χ4n) is 8.50. The van der Waals surface area contributed by atoms with Crippen molar-refractivity contribution in [1.29, 1.82) is 0 Å². The molecular weight excluding hydrogens is 657 g/mol. The van der Waals surface area contributed by atoms with Gasteiger partial charge in [0.05, 0.1) is 45.0 Å². The first-order valence-electron chi connectivity index (χ1n) is 18.5. The molecule has 0 unspecified atom stereocenters. The van der Waals surface area contributed by atoms with E-state index >= 15 is 0 Å². The minimum absolute atomic E-state index is 1.11. The van der Waals surface area contributed by atoms with E-state index in [-0.39, 0.29) is 0 Å². The van der Waals surface area contributed by atoms with Gasteiger partial charge in [0.1, 0.15) is 0 Å². The summed E-state index contributed by atoms with van der Waals surface area (Å²) in [6.45, 7) is 0. The molecular formula is C50H34N4. The minimum Gasteiger partial charge on any atom is -0.307 e. The SMILES string of the molecule is c1ccc(-c2cc3ccc4c5ccccc5n(-c5ccc(N6c7ccccc7N(c7ccccc7)c7ccccc76)cc5)c4c3n2-c2ccccc2)cc1. The standard InChI is InChI=1S/C50H34N4/c1-4-16-35(17-5-1)48-34-36-28-33-42-41-22-10-11-23-43(41)53(50(42)49(36)54(48)38-20-8-3-9-21-38)40-31-29-39(30-32-40)52-46-26-14-12-24-44(46)51(37-18-6-2-7-19-37)45-25-13-15-27-47(45)52/h1-34H. The number of fused-ring (bicyclic) bond motifs is 7. The summed E-state index contributed by atoms with van der Waals surface area (Å²) < 4.78 is 4.90. The van der Waals surface area contributed by atoms with Crippen molar-refractivity contribution < 1.29 is 0 Å². The van der Waals surface area contributed by atoms with Crippen LogP contribution in [0.2, 0.25) is 0 Å². The summed E-state index contributed by atoms with van der Waals surface area (Å²) in [6, 6.07) is 74.3. The zero-order valence-corrected chi connectivity index (χ0v) is 29.4. The number of para-hydroxylation sites is 7. The lowest BCUT2D eigenvalue weighted by Crippen LogP contribution is -2.23. The average molecular weight is 691 g/mol. The molecule has 0 amide bonds. The Morgan fingerprint density at radius 3 is 1.37 bits per heavy atom. The molecule has 4 nitrogen and oxygen atoms in total. The zero-order valence-electron chi connectivity index (χ0n) is 29.4. The monoisotopic (exact) mass is 690 g/mol. The van der Waals surface area contributed by atoms with E-state index in [0.717, 1.165) is 45.5 Å².